The van der Waals surface area contributed by atoms with Gasteiger partial charge in [-0.2, -0.15) is 5.26 Å². The summed E-state index contributed by atoms with van der Waals surface area (Å²) in [5, 5.41) is 8.62. The van der Waals surface area contributed by atoms with Crippen molar-refractivity contribution in [3.8, 4) is 6.07 Å². The Morgan fingerprint density at radius 2 is 2.23 bits per heavy atom. The third-order valence-corrected chi connectivity index (χ3v) is 1.68. The summed E-state index contributed by atoms with van der Waals surface area (Å²) >= 11 is 0. The number of hydrogen-bond donors (Lipinski definition) is 1. The van der Waals surface area contributed by atoms with Crippen LogP contribution in [0.4, 0.5) is 5.82 Å². The minimum atomic E-state index is 0. The second kappa shape index (κ2) is 4.90. The maximum Gasteiger partial charge on any atom is 0.204 e. The Morgan fingerprint density at radius 1 is 1.62 bits per heavy atom. The summed E-state index contributed by atoms with van der Waals surface area (Å²) in [6.45, 7) is 5.22. The molecular weight excluding hydrogens is 186 g/mol. The van der Waals surface area contributed by atoms with Crippen LogP contribution < -0.4 is 18.1 Å². The fourth-order valence-corrected chi connectivity index (χ4v) is 1.17. The van der Waals surface area contributed by atoms with Crippen molar-refractivity contribution in [3.63, 3.8) is 0 Å². The van der Waals surface area contributed by atoms with Crippen LogP contribution in [0.5, 0.6) is 0 Å². The summed E-state index contributed by atoms with van der Waals surface area (Å²) in [6, 6.07) is 3.91. The van der Waals surface area contributed by atoms with Gasteiger partial charge in [0.25, 0.3) is 0 Å². The van der Waals surface area contributed by atoms with Crippen LogP contribution in [0.25, 0.3) is 0 Å². The molecule has 0 radical (unpaired) electrons. The number of nitriles is 1. The van der Waals surface area contributed by atoms with E-state index in [1.54, 1.807) is 0 Å². The average Bonchev–Trinajstić information content (AvgIpc) is 2.31. The van der Waals surface area contributed by atoms with Gasteiger partial charge in [-0.15, -0.1) is 0 Å². The van der Waals surface area contributed by atoms with Crippen molar-refractivity contribution >= 4 is 5.82 Å². The van der Waals surface area contributed by atoms with E-state index in [4.69, 9.17) is 5.26 Å². The molecule has 1 rings (SSSR count). The first-order valence-corrected chi connectivity index (χ1v) is 4.05. The van der Waals surface area contributed by atoms with E-state index < -0.39 is 0 Å². The highest BCUT2D eigenvalue weighted by molar-refractivity contribution is 5.36. The van der Waals surface area contributed by atoms with E-state index in [1.807, 2.05) is 16.8 Å². The van der Waals surface area contributed by atoms with Crippen LogP contribution in [0.1, 0.15) is 19.4 Å². The molecule has 3 nitrogen and oxygen atoms in total. The van der Waals surface area contributed by atoms with Crippen molar-refractivity contribution in [1.29, 1.82) is 5.26 Å². The molecule has 0 aliphatic heterocycles. The molecule has 1 aromatic heterocycles. The molecule has 4 heteroatoms. The van der Waals surface area contributed by atoms with Crippen molar-refractivity contribution in [2.24, 2.45) is 5.92 Å². The van der Waals surface area contributed by atoms with Gasteiger partial charge in [0.2, 0.25) is 5.82 Å². The normalized spacial score (nSPS) is 9.46. The summed E-state index contributed by atoms with van der Waals surface area (Å²) in [4.78, 5) is 0. The summed E-state index contributed by atoms with van der Waals surface area (Å²) in [5.41, 5.74) is 4.55. The monoisotopic (exact) mass is 199 g/mol. The molecule has 0 amide bonds. The van der Waals surface area contributed by atoms with E-state index in [0.29, 0.717) is 11.5 Å². The van der Waals surface area contributed by atoms with E-state index in [0.717, 1.165) is 12.4 Å². The molecule has 0 unspecified atom stereocenters. The summed E-state index contributed by atoms with van der Waals surface area (Å²) in [5.74, 6) is 1.50. The topological polar surface area (TPSA) is 56.4 Å². The van der Waals surface area contributed by atoms with E-state index in [2.05, 4.69) is 25.7 Å². The highest BCUT2D eigenvalue weighted by atomic mass is 35.5. The van der Waals surface area contributed by atoms with Crippen molar-refractivity contribution in [1.82, 2.24) is 4.57 Å². The van der Waals surface area contributed by atoms with Crippen LogP contribution >= 0.6 is 0 Å². The average molecular weight is 200 g/mol. The van der Waals surface area contributed by atoms with Crippen LogP contribution in [0.2, 0.25) is 0 Å². The second-order valence-electron chi connectivity index (χ2n) is 3.38. The van der Waals surface area contributed by atoms with E-state index >= 15 is 0 Å². The predicted molar refractivity (Wildman–Crippen MR) is 46.5 cm³/mol. The molecule has 0 aliphatic rings. The lowest BCUT2D eigenvalue weighted by atomic mass is 10.2. The number of quaternary nitrogens is 1. The lowest BCUT2D eigenvalue weighted by Crippen LogP contribution is -3.00. The third-order valence-electron chi connectivity index (χ3n) is 1.68. The van der Waals surface area contributed by atoms with Gasteiger partial charge in [0, 0.05) is 18.8 Å². The molecule has 13 heavy (non-hydrogen) atoms. The fourth-order valence-electron chi connectivity index (χ4n) is 1.17. The Balaban J connectivity index is 0.00000144. The molecule has 0 saturated carbocycles. The highest BCUT2D eigenvalue weighted by Crippen LogP contribution is 2.10. The first-order valence-electron chi connectivity index (χ1n) is 4.05. The van der Waals surface area contributed by atoms with E-state index in [9.17, 15) is 0 Å². The minimum Gasteiger partial charge on any atom is -1.00 e. The number of aromatic nitrogens is 1. The maximum absolute atomic E-state index is 8.62. The van der Waals surface area contributed by atoms with Crippen LogP contribution in [0, 0.1) is 17.2 Å². The second-order valence-corrected chi connectivity index (χ2v) is 3.38. The lowest BCUT2D eigenvalue weighted by Gasteiger charge is -2.05. The van der Waals surface area contributed by atoms with Crippen molar-refractivity contribution in [3.05, 3.63) is 17.8 Å². The minimum absolute atomic E-state index is 0. The summed E-state index contributed by atoms with van der Waals surface area (Å²) < 4.78 is 2.02. The Hall–Kier alpha value is -0.980. The smallest absolute Gasteiger partial charge is 0.204 e. The molecule has 0 atom stereocenters. The molecule has 72 valence electrons. The Bertz CT molecular complexity index is 309. The van der Waals surface area contributed by atoms with Crippen LogP contribution in [0.15, 0.2) is 12.3 Å². The van der Waals surface area contributed by atoms with Gasteiger partial charge in [0.05, 0.1) is 5.56 Å². The molecule has 0 aromatic carbocycles. The van der Waals surface area contributed by atoms with Crippen molar-refractivity contribution in [2.75, 3.05) is 0 Å². The number of hydrogen-bond acceptors (Lipinski definition) is 1. The molecule has 0 bridgehead atoms. The van der Waals surface area contributed by atoms with E-state index in [-0.39, 0.29) is 12.4 Å². The van der Waals surface area contributed by atoms with Gasteiger partial charge in [-0.3, -0.25) is 0 Å². The third kappa shape index (κ3) is 3.10. The van der Waals surface area contributed by atoms with Gasteiger partial charge >= 0.3 is 0 Å². The fraction of sp³-hybridized carbons (Fsp3) is 0.444. The SMILES string of the molecule is CC(C)Cn1cc(C#N)cc1[NH3+].[Cl-]. The molecule has 0 spiro atoms. The zero-order valence-corrected chi connectivity index (χ0v) is 8.67. The molecular formula is C9H14ClN3. The zero-order chi connectivity index (χ0) is 9.14. The van der Waals surface area contributed by atoms with Crippen molar-refractivity contribution in [2.45, 2.75) is 20.4 Å². The van der Waals surface area contributed by atoms with E-state index in [1.165, 1.54) is 0 Å². The zero-order valence-electron chi connectivity index (χ0n) is 7.92. The number of rotatable bonds is 2. The summed E-state index contributed by atoms with van der Waals surface area (Å²) in [6.07, 6.45) is 1.85. The Kier molecular flexibility index (Phi) is 4.53. The molecule has 0 saturated heterocycles. The first-order chi connectivity index (χ1) is 5.63. The van der Waals surface area contributed by atoms with Gasteiger partial charge in [-0.25, -0.2) is 0 Å². The van der Waals surface area contributed by atoms with Crippen LogP contribution in [-0.2, 0) is 6.54 Å². The quantitative estimate of drug-likeness (QED) is 0.583. The molecule has 3 N–H and O–H groups in total. The molecule has 1 heterocycles. The van der Waals surface area contributed by atoms with Gasteiger partial charge in [0.1, 0.15) is 6.07 Å². The predicted octanol–water partition coefficient (Wildman–Crippen LogP) is -2.11. The lowest BCUT2D eigenvalue weighted by molar-refractivity contribution is -0.264. The maximum atomic E-state index is 8.62. The largest absolute Gasteiger partial charge is 1.00 e. The highest BCUT2D eigenvalue weighted by Gasteiger charge is 2.05. The van der Waals surface area contributed by atoms with Crippen molar-refractivity contribution < 1.29 is 18.1 Å². The number of halogens is 1. The molecule has 0 fully saturated rings. The van der Waals surface area contributed by atoms with Crippen LogP contribution in [0.3, 0.4) is 0 Å². The van der Waals surface area contributed by atoms with Gasteiger partial charge in [-0.05, 0) is 5.92 Å². The first kappa shape index (κ1) is 12.0. The Labute approximate surface area is 84.6 Å². The molecule has 0 aliphatic carbocycles. The summed E-state index contributed by atoms with van der Waals surface area (Å²) in [7, 11) is 0. The van der Waals surface area contributed by atoms with Gasteiger partial charge in [-0.1, -0.05) is 13.8 Å². The van der Waals surface area contributed by atoms with Gasteiger partial charge < -0.3 is 22.7 Å². The van der Waals surface area contributed by atoms with Gasteiger partial charge in [0.15, 0.2) is 0 Å². The number of nitrogens with zero attached hydrogens (tertiary/aromatic N) is 2. The Morgan fingerprint density at radius 3 is 2.62 bits per heavy atom. The standard InChI is InChI=1S/C9H13N3.ClH/c1-7(2)5-12-6-8(4-10)3-9(12)11;/h3,6-7H,5,11H2,1-2H3;1H. The van der Waals surface area contributed by atoms with Crippen LogP contribution in [-0.4, -0.2) is 4.57 Å². The molecule has 1 aromatic rings.